The second-order valence-corrected chi connectivity index (χ2v) is 2.91. The number of thiophene rings is 1. The van der Waals surface area contributed by atoms with Crippen LogP contribution in [0, 0.1) is 18.8 Å². The molecule has 0 aliphatic rings. The van der Waals surface area contributed by atoms with Gasteiger partial charge in [0.2, 0.25) is 0 Å². The fourth-order valence-corrected chi connectivity index (χ4v) is 1.46. The Hall–Kier alpha value is -0.450. The first-order valence-electron chi connectivity index (χ1n) is 2.92. The van der Waals surface area contributed by atoms with Crippen LogP contribution in [-0.4, -0.2) is 5.88 Å². The number of rotatable bonds is 0. The number of halogens is 1. The van der Waals surface area contributed by atoms with Crippen molar-refractivity contribution in [3.8, 4) is 11.8 Å². The Morgan fingerprint density at radius 3 is 2.90 bits per heavy atom. The first-order chi connectivity index (χ1) is 4.84. The summed E-state index contributed by atoms with van der Waals surface area (Å²) in [4.78, 5) is 0. The van der Waals surface area contributed by atoms with Gasteiger partial charge in [-0.3, -0.25) is 0 Å². The third-order valence-electron chi connectivity index (χ3n) is 1.15. The Morgan fingerprint density at radius 2 is 2.40 bits per heavy atom. The zero-order valence-electron chi connectivity index (χ0n) is 5.65. The zero-order valence-corrected chi connectivity index (χ0v) is 7.22. The highest BCUT2D eigenvalue weighted by molar-refractivity contribution is 7.08. The van der Waals surface area contributed by atoms with E-state index in [2.05, 4.69) is 24.1 Å². The molecule has 2 heteroatoms. The molecule has 0 aliphatic heterocycles. The summed E-state index contributed by atoms with van der Waals surface area (Å²) in [5, 5.41) is 4.12. The molecule has 0 N–H and O–H groups in total. The van der Waals surface area contributed by atoms with Crippen LogP contribution in [0.2, 0.25) is 0 Å². The molecule has 0 atom stereocenters. The molecule has 10 heavy (non-hydrogen) atoms. The van der Waals surface area contributed by atoms with Crippen molar-refractivity contribution >= 4 is 22.9 Å². The lowest BCUT2D eigenvalue weighted by atomic mass is 10.2. The van der Waals surface area contributed by atoms with Crippen molar-refractivity contribution in [3.63, 3.8) is 0 Å². The number of alkyl halides is 1. The van der Waals surface area contributed by atoms with Crippen LogP contribution in [0.5, 0.6) is 0 Å². The van der Waals surface area contributed by atoms with Gasteiger partial charge in [-0.05, 0) is 17.9 Å². The van der Waals surface area contributed by atoms with Gasteiger partial charge in [0.1, 0.15) is 0 Å². The molecule has 0 saturated heterocycles. The molecule has 0 fully saturated rings. The Kier molecular flexibility index (Phi) is 2.80. The lowest BCUT2D eigenvalue weighted by Crippen LogP contribution is -1.71. The average Bonchev–Trinajstić information content (AvgIpc) is 2.31. The van der Waals surface area contributed by atoms with Crippen molar-refractivity contribution in [2.45, 2.75) is 6.92 Å². The van der Waals surface area contributed by atoms with E-state index in [-0.39, 0.29) is 0 Å². The highest BCUT2D eigenvalue weighted by Gasteiger charge is 1.91. The molecule has 0 radical (unpaired) electrons. The zero-order chi connectivity index (χ0) is 7.40. The maximum Gasteiger partial charge on any atom is 0.0839 e. The van der Waals surface area contributed by atoms with Crippen molar-refractivity contribution < 1.29 is 0 Å². The van der Waals surface area contributed by atoms with Crippen molar-refractivity contribution in [3.05, 3.63) is 21.9 Å². The summed E-state index contributed by atoms with van der Waals surface area (Å²) < 4.78 is 0. The molecule has 1 rings (SSSR count). The normalized spacial score (nSPS) is 8.60. The van der Waals surface area contributed by atoms with Gasteiger partial charge in [0.25, 0.3) is 0 Å². The van der Waals surface area contributed by atoms with E-state index in [0.717, 1.165) is 5.56 Å². The highest BCUT2D eigenvalue weighted by Crippen LogP contribution is 2.11. The summed E-state index contributed by atoms with van der Waals surface area (Å²) in [6.07, 6.45) is 0. The largest absolute Gasteiger partial charge is 0.151 e. The van der Waals surface area contributed by atoms with E-state index in [1.54, 1.807) is 11.3 Å². The molecule has 0 aromatic carbocycles. The lowest BCUT2D eigenvalue weighted by Gasteiger charge is -1.81. The average molecular weight is 171 g/mol. The van der Waals surface area contributed by atoms with E-state index < -0.39 is 0 Å². The molecular formula is C8H7ClS. The third-order valence-corrected chi connectivity index (χ3v) is 2.14. The molecule has 1 aromatic heterocycles. The van der Waals surface area contributed by atoms with Crippen LogP contribution in [0.1, 0.15) is 11.1 Å². The van der Waals surface area contributed by atoms with E-state index in [1.165, 1.54) is 5.56 Å². The topological polar surface area (TPSA) is 0 Å². The second-order valence-electron chi connectivity index (χ2n) is 1.90. The van der Waals surface area contributed by atoms with Crippen LogP contribution < -0.4 is 0 Å². The fourth-order valence-electron chi connectivity index (χ4n) is 0.617. The minimum atomic E-state index is 0.412. The Labute approximate surface area is 69.8 Å². The third kappa shape index (κ3) is 1.76. The van der Waals surface area contributed by atoms with Crippen molar-refractivity contribution in [2.24, 2.45) is 0 Å². The van der Waals surface area contributed by atoms with Gasteiger partial charge in [-0.15, -0.1) is 11.6 Å². The number of hydrogen-bond acceptors (Lipinski definition) is 1. The molecule has 1 heterocycles. The summed E-state index contributed by atoms with van der Waals surface area (Å²) in [6.45, 7) is 2.05. The molecule has 0 aliphatic carbocycles. The van der Waals surface area contributed by atoms with Crippen molar-refractivity contribution in [1.82, 2.24) is 0 Å². The molecule has 0 unspecified atom stereocenters. The second kappa shape index (κ2) is 3.65. The highest BCUT2D eigenvalue weighted by atomic mass is 35.5. The minimum Gasteiger partial charge on any atom is -0.151 e. The Bertz CT molecular complexity index is 264. The monoisotopic (exact) mass is 170 g/mol. The molecule has 0 nitrogen and oxygen atoms in total. The fraction of sp³-hybridized carbons (Fsp3) is 0.250. The number of aryl methyl sites for hydroxylation is 1. The van der Waals surface area contributed by atoms with E-state index in [0.29, 0.717) is 5.88 Å². The molecule has 1 aromatic rings. The molecule has 52 valence electrons. The first-order valence-corrected chi connectivity index (χ1v) is 4.40. The molecule has 0 bridgehead atoms. The van der Waals surface area contributed by atoms with Crippen molar-refractivity contribution in [2.75, 3.05) is 5.88 Å². The SMILES string of the molecule is Cc1cscc1C#CCCl. The van der Waals surface area contributed by atoms with E-state index in [4.69, 9.17) is 11.6 Å². The van der Waals surface area contributed by atoms with Gasteiger partial charge in [-0.1, -0.05) is 11.8 Å². The molecular weight excluding hydrogens is 164 g/mol. The van der Waals surface area contributed by atoms with Crippen LogP contribution in [-0.2, 0) is 0 Å². The van der Waals surface area contributed by atoms with Crippen LogP contribution in [0.25, 0.3) is 0 Å². The van der Waals surface area contributed by atoms with E-state index in [9.17, 15) is 0 Å². The maximum atomic E-state index is 5.40. The van der Waals surface area contributed by atoms with Crippen LogP contribution in [0.3, 0.4) is 0 Å². The van der Waals surface area contributed by atoms with Gasteiger partial charge in [-0.2, -0.15) is 11.3 Å². The molecule has 0 saturated carbocycles. The summed E-state index contributed by atoms with van der Waals surface area (Å²) in [5.41, 5.74) is 2.34. The standard InChI is InChI=1S/C8H7ClS/c1-7-5-10-6-8(7)3-2-4-9/h5-6H,4H2,1H3. The lowest BCUT2D eigenvalue weighted by molar-refractivity contribution is 1.52. The van der Waals surface area contributed by atoms with Crippen LogP contribution in [0.4, 0.5) is 0 Å². The molecule has 0 spiro atoms. The molecule has 0 amide bonds. The Morgan fingerprint density at radius 1 is 1.60 bits per heavy atom. The first kappa shape index (κ1) is 7.65. The van der Waals surface area contributed by atoms with Gasteiger partial charge in [-0.25, -0.2) is 0 Å². The number of hydrogen-bond donors (Lipinski definition) is 0. The summed E-state index contributed by atoms with van der Waals surface area (Å²) in [7, 11) is 0. The quantitative estimate of drug-likeness (QED) is 0.415. The van der Waals surface area contributed by atoms with Crippen molar-refractivity contribution in [1.29, 1.82) is 0 Å². The minimum absolute atomic E-state index is 0.412. The maximum absolute atomic E-state index is 5.40. The van der Waals surface area contributed by atoms with Gasteiger partial charge in [0, 0.05) is 10.9 Å². The Balaban J connectivity index is 2.84. The predicted molar refractivity (Wildman–Crippen MR) is 46.7 cm³/mol. The van der Waals surface area contributed by atoms with Gasteiger partial charge < -0.3 is 0 Å². The van der Waals surface area contributed by atoms with Gasteiger partial charge in [0.15, 0.2) is 0 Å². The smallest absolute Gasteiger partial charge is 0.0839 e. The summed E-state index contributed by atoms with van der Waals surface area (Å²) in [6, 6.07) is 0. The van der Waals surface area contributed by atoms with Crippen LogP contribution >= 0.6 is 22.9 Å². The van der Waals surface area contributed by atoms with Gasteiger partial charge >= 0.3 is 0 Å². The van der Waals surface area contributed by atoms with Crippen LogP contribution in [0.15, 0.2) is 10.8 Å². The van der Waals surface area contributed by atoms with E-state index >= 15 is 0 Å². The summed E-state index contributed by atoms with van der Waals surface area (Å²) in [5.74, 6) is 6.20. The van der Waals surface area contributed by atoms with E-state index in [1.807, 2.05) is 5.38 Å². The predicted octanol–water partition coefficient (Wildman–Crippen LogP) is 2.65. The van der Waals surface area contributed by atoms with Gasteiger partial charge in [0.05, 0.1) is 5.88 Å². The summed E-state index contributed by atoms with van der Waals surface area (Å²) >= 11 is 7.07.